The van der Waals surface area contributed by atoms with Gasteiger partial charge in [-0.2, -0.15) is 0 Å². The maximum absolute atomic E-state index is 4.94. The van der Waals surface area contributed by atoms with Gasteiger partial charge in [-0.1, -0.05) is 0 Å². The van der Waals surface area contributed by atoms with Gasteiger partial charge in [-0.05, 0) is 0 Å². The first kappa shape index (κ1) is 4.95. The van der Waals surface area contributed by atoms with Crippen molar-refractivity contribution in [1.29, 1.82) is 0 Å². The summed E-state index contributed by atoms with van der Waals surface area (Å²) in [6.07, 6.45) is 0. The summed E-state index contributed by atoms with van der Waals surface area (Å²) < 4.78 is 6.06. The molecule has 0 amide bonds. The van der Waals surface area contributed by atoms with Crippen LogP contribution in [0.1, 0.15) is 0 Å². The third kappa shape index (κ3) is 1.08. The van der Waals surface area contributed by atoms with E-state index in [9.17, 15) is 0 Å². The number of ether oxygens (including phenoxy) is 1. The zero-order chi connectivity index (χ0) is 5.11. The second kappa shape index (κ2) is 2.20. The van der Waals surface area contributed by atoms with Crippen LogP contribution in [-0.2, 0) is 0 Å². The third-order valence-corrected chi connectivity index (χ3v) is 2.43. The molecular weight excluding hydrogens is 155 g/mol. The first-order valence-corrected chi connectivity index (χ1v) is 3.85. The molecule has 0 aromatic carbocycles. The molecule has 0 bridgehead atoms. The molecule has 0 saturated heterocycles. The van der Waals surface area contributed by atoms with Crippen LogP contribution in [-0.4, -0.2) is 21.6 Å². The molecule has 0 aliphatic rings. The van der Waals surface area contributed by atoms with E-state index in [1.807, 2.05) is 12.1 Å². The molecule has 0 N–H and O–H groups in total. The topological polar surface area (TPSA) is 9.23 Å². The van der Waals surface area contributed by atoms with Crippen LogP contribution in [0.25, 0.3) is 0 Å². The van der Waals surface area contributed by atoms with Gasteiger partial charge in [-0.3, -0.25) is 0 Å². The number of methoxy groups -OCH3 is 1. The molecule has 0 saturated carbocycles. The number of rotatable bonds is 1. The van der Waals surface area contributed by atoms with Crippen molar-refractivity contribution in [3.8, 4) is 4.62 Å². The molecule has 38 valence electrons. The van der Waals surface area contributed by atoms with Crippen molar-refractivity contribution in [3.05, 3.63) is 17.1 Å². The van der Waals surface area contributed by atoms with Gasteiger partial charge in [0.25, 0.3) is 0 Å². The Morgan fingerprint density at radius 3 is 2.86 bits per heavy atom. The molecule has 7 heavy (non-hydrogen) atoms. The summed E-state index contributed by atoms with van der Waals surface area (Å²) in [6, 6.07) is 4.03. The first-order valence-electron chi connectivity index (χ1n) is 2.01. The van der Waals surface area contributed by atoms with Gasteiger partial charge in [0.05, 0.1) is 0 Å². The average molecular weight is 161 g/mol. The minimum absolute atomic E-state index is 0.495. The fourth-order valence-electron chi connectivity index (χ4n) is 0.380. The van der Waals surface area contributed by atoms with Gasteiger partial charge in [0.15, 0.2) is 0 Å². The Morgan fingerprint density at radius 1 is 1.71 bits per heavy atom. The fourth-order valence-corrected chi connectivity index (χ4v) is 1.52. The molecule has 0 unspecified atom stereocenters. The molecule has 0 atom stereocenters. The molecule has 0 aliphatic heterocycles. The van der Waals surface area contributed by atoms with Crippen molar-refractivity contribution < 1.29 is 4.74 Å². The van der Waals surface area contributed by atoms with Crippen molar-refractivity contribution in [2.75, 3.05) is 7.11 Å². The van der Waals surface area contributed by atoms with Crippen LogP contribution in [0.4, 0.5) is 0 Å². The van der Waals surface area contributed by atoms with E-state index >= 15 is 0 Å². The first-order chi connectivity index (χ1) is 3.43. The molecule has 1 aromatic heterocycles. The van der Waals surface area contributed by atoms with Gasteiger partial charge in [0.1, 0.15) is 0 Å². The van der Waals surface area contributed by atoms with Crippen LogP contribution in [0, 0.1) is 0 Å². The van der Waals surface area contributed by atoms with Gasteiger partial charge in [0.2, 0.25) is 0 Å². The summed E-state index contributed by atoms with van der Waals surface area (Å²) in [4.78, 5) is 2.13. The normalized spacial score (nSPS) is 8.71. The van der Waals surface area contributed by atoms with E-state index in [0.29, 0.717) is 14.5 Å². The van der Waals surface area contributed by atoms with Crippen LogP contribution in [0.2, 0.25) is 0 Å². The van der Waals surface area contributed by atoms with Crippen molar-refractivity contribution >= 4 is 14.5 Å². The fraction of sp³-hybridized carbons (Fsp3) is 0.200. The SMILES string of the molecule is COc1ccc[se]1. The van der Waals surface area contributed by atoms with Crippen LogP contribution >= 0.6 is 0 Å². The van der Waals surface area contributed by atoms with Crippen molar-refractivity contribution in [1.82, 2.24) is 0 Å². The molecule has 0 aliphatic carbocycles. The predicted octanol–water partition coefficient (Wildman–Crippen LogP) is 0.752. The zero-order valence-corrected chi connectivity index (χ0v) is 5.76. The Labute approximate surface area is 48.7 Å². The van der Waals surface area contributed by atoms with E-state index in [0.717, 1.165) is 4.62 Å². The Morgan fingerprint density at radius 2 is 2.57 bits per heavy atom. The zero-order valence-electron chi connectivity index (χ0n) is 4.05. The molecule has 1 rings (SSSR count). The average Bonchev–Trinajstić information content (AvgIpc) is 2.14. The van der Waals surface area contributed by atoms with Crippen LogP contribution < -0.4 is 4.74 Å². The summed E-state index contributed by atoms with van der Waals surface area (Å²) in [6.45, 7) is 0. The molecule has 0 radical (unpaired) electrons. The summed E-state index contributed by atoms with van der Waals surface area (Å²) >= 11 is 0.495. The van der Waals surface area contributed by atoms with Crippen molar-refractivity contribution in [3.63, 3.8) is 0 Å². The summed E-state index contributed by atoms with van der Waals surface area (Å²) in [7, 11) is 1.71. The molecule has 0 spiro atoms. The number of hydrogen-bond acceptors (Lipinski definition) is 1. The van der Waals surface area contributed by atoms with Crippen LogP contribution in [0.3, 0.4) is 0 Å². The monoisotopic (exact) mass is 162 g/mol. The number of hydrogen-bond donors (Lipinski definition) is 0. The van der Waals surface area contributed by atoms with E-state index in [2.05, 4.69) is 4.94 Å². The van der Waals surface area contributed by atoms with Gasteiger partial charge >= 0.3 is 48.0 Å². The van der Waals surface area contributed by atoms with E-state index in [4.69, 9.17) is 4.74 Å². The summed E-state index contributed by atoms with van der Waals surface area (Å²) in [5.74, 6) is 0. The molecule has 2 heteroatoms. The predicted molar refractivity (Wildman–Crippen MR) is 29.9 cm³/mol. The Hall–Kier alpha value is -0.201. The second-order valence-corrected chi connectivity index (χ2v) is 3.05. The Kier molecular flexibility index (Phi) is 1.55. The van der Waals surface area contributed by atoms with Crippen LogP contribution in [0.5, 0.6) is 4.62 Å². The van der Waals surface area contributed by atoms with Crippen molar-refractivity contribution in [2.45, 2.75) is 0 Å². The van der Waals surface area contributed by atoms with Gasteiger partial charge < -0.3 is 0 Å². The van der Waals surface area contributed by atoms with E-state index in [-0.39, 0.29) is 0 Å². The molecule has 1 nitrogen and oxygen atoms in total. The molecule has 1 aromatic rings. The van der Waals surface area contributed by atoms with Gasteiger partial charge in [0, 0.05) is 0 Å². The summed E-state index contributed by atoms with van der Waals surface area (Å²) in [5, 5.41) is 0. The Bertz CT molecular complexity index is 123. The second-order valence-electron chi connectivity index (χ2n) is 1.14. The quantitative estimate of drug-likeness (QED) is 0.552. The van der Waals surface area contributed by atoms with Crippen LogP contribution in [0.15, 0.2) is 17.1 Å². The standard InChI is InChI=1S/C5H6OSe/c1-6-5-3-2-4-7-5/h2-4H,1H3. The molecular formula is C5H6OSe. The van der Waals surface area contributed by atoms with E-state index in [1.165, 1.54) is 0 Å². The molecule has 0 fully saturated rings. The minimum atomic E-state index is 0.495. The summed E-state index contributed by atoms with van der Waals surface area (Å²) in [5.41, 5.74) is 0. The Balaban J connectivity index is 2.76. The third-order valence-electron chi connectivity index (χ3n) is 0.696. The van der Waals surface area contributed by atoms with E-state index in [1.54, 1.807) is 7.11 Å². The molecule has 1 heterocycles. The van der Waals surface area contributed by atoms with Crippen molar-refractivity contribution in [2.24, 2.45) is 0 Å². The van der Waals surface area contributed by atoms with E-state index < -0.39 is 0 Å². The van der Waals surface area contributed by atoms with Gasteiger partial charge in [-0.15, -0.1) is 0 Å². The maximum atomic E-state index is 4.94. The van der Waals surface area contributed by atoms with Gasteiger partial charge in [-0.25, -0.2) is 0 Å².